The van der Waals surface area contributed by atoms with Crippen molar-refractivity contribution in [2.75, 3.05) is 26.3 Å². The van der Waals surface area contributed by atoms with Crippen LogP contribution in [0.4, 0.5) is 13.2 Å². The van der Waals surface area contributed by atoms with Gasteiger partial charge in [0.05, 0.1) is 24.5 Å². The Balaban J connectivity index is 1.68. The van der Waals surface area contributed by atoms with E-state index in [-0.39, 0.29) is 24.4 Å². The largest absolute Gasteiger partial charge is 0.416 e. The Kier molecular flexibility index (Phi) is 6.94. The van der Waals surface area contributed by atoms with Crippen molar-refractivity contribution in [1.82, 2.24) is 9.62 Å². The lowest BCUT2D eigenvalue weighted by molar-refractivity contribution is -0.138. The number of sulfonamides is 1. The van der Waals surface area contributed by atoms with E-state index in [4.69, 9.17) is 4.74 Å². The van der Waals surface area contributed by atoms with Gasteiger partial charge in [-0.1, -0.05) is 42.5 Å². The van der Waals surface area contributed by atoms with Crippen LogP contribution in [-0.2, 0) is 39.8 Å². The molecule has 2 aromatic rings. The van der Waals surface area contributed by atoms with E-state index in [2.05, 4.69) is 5.32 Å². The van der Waals surface area contributed by atoms with E-state index in [1.807, 2.05) is 0 Å². The summed E-state index contributed by atoms with van der Waals surface area (Å²) in [5.74, 6) is -0.149. The van der Waals surface area contributed by atoms with Crippen LogP contribution < -0.4 is 5.32 Å². The van der Waals surface area contributed by atoms with Crippen LogP contribution in [0.3, 0.4) is 0 Å². The molecule has 0 saturated carbocycles. The molecule has 1 fully saturated rings. The van der Waals surface area contributed by atoms with Gasteiger partial charge in [0.1, 0.15) is 0 Å². The first kappa shape index (κ1) is 21.8. The van der Waals surface area contributed by atoms with Crippen molar-refractivity contribution in [2.24, 2.45) is 0 Å². The molecule has 3 rings (SSSR count). The molecule has 2 aromatic carbocycles. The highest BCUT2D eigenvalue weighted by Crippen LogP contribution is 2.31. The molecule has 5 nitrogen and oxygen atoms in total. The maximum atomic E-state index is 13.1. The summed E-state index contributed by atoms with van der Waals surface area (Å²) in [6.45, 7) is 1.71. The van der Waals surface area contributed by atoms with E-state index in [0.717, 1.165) is 11.6 Å². The van der Waals surface area contributed by atoms with Gasteiger partial charge in [-0.25, -0.2) is 8.42 Å². The smallest absolute Gasteiger partial charge is 0.379 e. The minimum Gasteiger partial charge on any atom is -0.379 e. The Morgan fingerprint density at radius 3 is 2.10 bits per heavy atom. The van der Waals surface area contributed by atoms with E-state index in [0.29, 0.717) is 31.9 Å². The second kappa shape index (κ2) is 9.25. The van der Waals surface area contributed by atoms with Gasteiger partial charge in [-0.3, -0.25) is 0 Å². The second-order valence-electron chi connectivity index (χ2n) is 6.79. The number of hydrogen-bond donors (Lipinski definition) is 1. The first-order valence-electron chi connectivity index (χ1n) is 9.25. The summed E-state index contributed by atoms with van der Waals surface area (Å²) in [7, 11) is -3.49. The molecule has 0 aliphatic carbocycles. The zero-order valence-electron chi connectivity index (χ0n) is 15.8. The molecule has 158 valence electrons. The van der Waals surface area contributed by atoms with Crippen LogP contribution >= 0.6 is 0 Å². The van der Waals surface area contributed by atoms with Crippen molar-refractivity contribution < 1.29 is 26.3 Å². The van der Waals surface area contributed by atoms with E-state index in [9.17, 15) is 21.6 Å². The van der Waals surface area contributed by atoms with Crippen molar-refractivity contribution in [3.63, 3.8) is 0 Å². The van der Waals surface area contributed by atoms with Crippen molar-refractivity contribution in [3.05, 3.63) is 70.8 Å². The van der Waals surface area contributed by atoms with Crippen LogP contribution in [0.5, 0.6) is 0 Å². The van der Waals surface area contributed by atoms with Gasteiger partial charge in [0, 0.05) is 26.2 Å². The molecule has 0 aromatic heterocycles. The van der Waals surface area contributed by atoms with Crippen molar-refractivity contribution in [3.8, 4) is 0 Å². The number of halogens is 3. The summed E-state index contributed by atoms with van der Waals surface area (Å²) >= 11 is 0. The molecule has 0 atom stereocenters. The minimum atomic E-state index is -4.41. The van der Waals surface area contributed by atoms with Crippen LogP contribution in [0, 0.1) is 0 Å². The summed E-state index contributed by atoms with van der Waals surface area (Å²) < 4.78 is 71.3. The molecular formula is C20H23F3N2O3S. The molecule has 1 saturated heterocycles. The number of nitrogens with zero attached hydrogens (tertiary/aromatic N) is 1. The van der Waals surface area contributed by atoms with Gasteiger partial charge >= 0.3 is 6.18 Å². The third-order valence-corrected chi connectivity index (χ3v) is 6.60. The van der Waals surface area contributed by atoms with Crippen LogP contribution in [0.15, 0.2) is 48.5 Å². The van der Waals surface area contributed by atoms with Gasteiger partial charge in [0.2, 0.25) is 10.0 Å². The molecule has 29 heavy (non-hydrogen) atoms. The molecule has 1 N–H and O–H groups in total. The fourth-order valence-corrected chi connectivity index (χ4v) is 4.83. The lowest BCUT2D eigenvalue weighted by Gasteiger charge is -2.26. The number of morpholine rings is 1. The van der Waals surface area contributed by atoms with Gasteiger partial charge in [0.25, 0.3) is 0 Å². The maximum absolute atomic E-state index is 13.1. The lowest BCUT2D eigenvalue weighted by atomic mass is 10.1. The van der Waals surface area contributed by atoms with E-state index >= 15 is 0 Å². The monoisotopic (exact) mass is 428 g/mol. The summed E-state index contributed by atoms with van der Waals surface area (Å²) in [6.07, 6.45) is -4.41. The molecule has 0 unspecified atom stereocenters. The molecule has 0 bridgehead atoms. The molecule has 0 radical (unpaired) electrons. The number of ether oxygens (including phenoxy) is 1. The SMILES string of the molecule is O=S(=O)(Cc1ccccc1CNCc1ccccc1C(F)(F)F)N1CCOCC1. The Morgan fingerprint density at radius 1 is 0.897 bits per heavy atom. The van der Waals surface area contributed by atoms with Gasteiger partial charge in [-0.15, -0.1) is 0 Å². The highest BCUT2D eigenvalue weighted by atomic mass is 32.2. The third kappa shape index (κ3) is 5.79. The average Bonchev–Trinajstić information content (AvgIpc) is 2.69. The fourth-order valence-electron chi connectivity index (χ4n) is 3.27. The van der Waals surface area contributed by atoms with Crippen molar-refractivity contribution >= 4 is 10.0 Å². The number of hydrogen-bond acceptors (Lipinski definition) is 4. The molecule has 1 aliphatic rings. The maximum Gasteiger partial charge on any atom is 0.416 e. The third-order valence-electron chi connectivity index (χ3n) is 4.77. The highest BCUT2D eigenvalue weighted by molar-refractivity contribution is 7.88. The molecule has 0 amide bonds. The van der Waals surface area contributed by atoms with Crippen LogP contribution in [0.25, 0.3) is 0 Å². The first-order valence-corrected chi connectivity index (χ1v) is 10.9. The average molecular weight is 428 g/mol. The summed E-state index contributed by atoms with van der Waals surface area (Å²) in [5, 5.41) is 3.01. The summed E-state index contributed by atoms with van der Waals surface area (Å²) in [6, 6.07) is 12.5. The predicted octanol–water partition coefficient (Wildman–Crippen LogP) is 3.16. The zero-order chi connectivity index (χ0) is 20.9. The van der Waals surface area contributed by atoms with E-state index < -0.39 is 21.8 Å². The first-order chi connectivity index (χ1) is 13.8. The topological polar surface area (TPSA) is 58.6 Å². The normalized spacial score (nSPS) is 16.1. The number of alkyl halides is 3. The quantitative estimate of drug-likeness (QED) is 0.736. The van der Waals surface area contributed by atoms with Gasteiger partial charge < -0.3 is 10.1 Å². The summed E-state index contributed by atoms with van der Waals surface area (Å²) in [5.41, 5.74) is 0.860. The standard InChI is InChI=1S/C20H23F3N2O3S/c21-20(22,23)19-8-4-3-6-17(19)14-24-13-16-5-1-2-7-18(16)15-29(26,27)25-9-11-28-12-10-25/h1-8,24H,9-15H2. The molecule has 9 heteroatoms. The highest BCUT2D eigenvalue weighted by Gasteiger charge is 2.32. The number of rotatable bonds is 7. The van der Waals surface area contributed by atoms with Crippen LogP contribution in [0.2, 0.25) is 0 Å². The molecule has 0 spiro atoms. The van der Waals surface area contributed by atoms with Crippen LogP contribution in [-0.4, -0.2) is 39.0 Å². The minimum absolute atomic E-state index is 0.0280. The Labute approximate surface area is 168 Å². The Hall–Kier alpha value is -1.94. The van der Waals surface area contributed by atoms with Crippen molar-refractivity contribution in [2.45, 2.75) is 25.0 Å². The van der Waals surface area contributed by atoms with Gasteiger partial charge in [-0.2, -0.15) is 17.5 Å². The Morgan fingerprint density at radius 2 is 1.45 bits per heavy atom. The number of nitrogens with one attached hydrogen (secondary N) is 1. The fraction of sp³-hybridized carbons (Fsp3) is 0.400. The van der Waals surface area contributed by atoms with Gasteiger partial charge in [0.15, 0.2) is 0 Å². The molecule has 1 aliphatic heterocycles. The number of benzene rings is 2. The molecular weight excluding hydrogens is 405 g/mol. The second-order valence-corrected chi connectivity index (χ2v) is 8.76. The van der Waals surface area contributed by atoms with E-state index in [1.54, 1.807) is 30.3 Å². The lowest BCUT2D eigenvalue weighted by Crippen LogP contribution is -2.41. The molecule has 1 heterocycles. The summed E-state index contributed by atoms with van der Waals surface area (Å²) in [4.78, 5) is 0. The zero-order valence-corrected chi connectivity index (χ0v) is 16.6. The van der Waals surface area contributed by atoms with E-state index in [1.165, 1.54) is 16.4 Å². The van der Waals surface area contributed by atoms with Crippen LogP contribution in [0.1, 0.15) is 22.3 Å². The predicted molar refractivity (Wildman–Crippen MR) is 103 cm³/mol. The van der Waals surface area contributed by atoms with Crippen molar-refractivity contribution in [1.29, 1.82) is 0 Å². The van der Waals surface area contributed by atoms with Gasteiger partial charge in [-0.05, 0) is 22.8 Å². The Bertz CT molecular complexity index is 927.